The fourth-order valence-corrected chi connectivity index (χ4v) is 2.42. The molecule has 0 aliphatic carbocycles. The molecule has 1 atom stereocenters. The SMILES string of the molecule is CC[C@@H](C)C(=O)N1CCN(C(=O)CCCCCN)CC1. The first kappa shape index (κ1) is 17.0. The maximum atomic E-state index is 12.1. The minimum atomic E-state index is 0.0912. The summed E-state index contributed by atoms with van der Waals surface area (Å²) in [4.78, 5) is 27.9. The molecule has 1 fully saturated rings. The van der Waals surface area contributed by atoms with Crippen molar-refractivity contribution >= 4 is 11.8 Å². The summed E-state index contributed by atoms with van der Waals surface area (Å²) in [5, 5.41) is 0. The Labute approximate surface area is 122 Å². The summed E-state index contributed by atoms with van der Waals surface area (Å²) in [6, 6.07) is 0. The van der Waals surface area contributed by atoms with Crippen LogP contribution in [0.5, 0.6) is 0 Å². The van der Waals surface area contributed by atoms with Crippen LogP contribution in [0, 0.1) is 5.92 Å². The second-order valence-corrected chi connectivity index (χ2v) is 5.61. The van der Waals surface area contributed by atoms with Gasteiger partial charge in [-0.05, 0) is 25.8 Å². The smallest absolute Gasteiger partial charge is 0.225 e. The number of amides is 2. The van der Waals surface area contributed by atoms with Crippen LogP contribution in [0.3, 0.4) is 0 Å². The normalized spacial score (nSPS) is 17.1. The Balaban J connectivity index is 2.27. The van der Waals surface area contributed by atoms with Crippen LogP contribution in [0.4, 0.5) is 0 Å². The number of hydrogen-bond donors (Lipinski definition) is 1. The Hall–Kier alpha value is -1.10. The molecule has 0 radical (unpaired) electrons. The minimum Gasteiger partial charge on any atom is -0.339 e. The molecule has 1 heterocycles. The lowest BCUT2D eigenvalue weighted by Crippen LogP contribution is -2.51. The van der Waals surface area contributed by atoms with Gasteiger partial charge in [-0.3, -0.25) is 9.59 Å². The summed E-state index contributed by atoms with van der Waals surface area (Å²) in [5.74, 6) is 0.536. The van der Waals surface area contributed by atoms with Gasteiger partial charge in [0.05, 0.1) is 0 Å². The third kappa shape index (κ3) is 5.12. The largest absolute Gasteiger partial charge is 0.339 e. The molecule has 116 valence electrons. The molecule has 0 unspecified atom stereocenters. The van der Waals surface area contributed by atoms with Crippen molar-refractivity contribution in [2.45, 2.75) is 46.0 Å². The highest BCUT2D eigenvalue weighted by Crippen LogP contribution is 2.11. The zero-order valence-electron chi connectivity index (χ0n) is 12.9. The third-order valence-corrected chi connectivity index (χ3v) is 4.07. The first-order chi connectivity index (χ1) is 9.60. The van der Waals surface area contributed by atoms with Crippen molar-refractivity contribution in [3.63, 3.8) is 0 Å². The number of unbranched alkanes of at least 4 members (excludes halogenated alkanes) is 2. The van der Waals surface area contributed by atoms with Crippen LogP contribution in [-0.4, -0.2) is 54.3 Å². The number of nitrogens with zero attached hydrogens (tertiary/aromatic N) is 2. The van der Waals surface area contributed by atoms with Gasteiger partial charge in [-0.25, -0.2) is 0 Å². The fraction of sp³-hybridized carbons (Fsp3) is 0.867. The van der Waals surface area contributed by atoms with E-state index in [9.17, 15) is 9.59 Å². The van der Waals surface area contributed by atoms with E-state index in [1.165, 1.54) is 0 Å². The lowest BCUT2D eigenvalue weighted by atomic mass is 10.1. The van der Waals surface area contributed by atoms with Crippen LogP contribution in [-0.2, 0) is 9.59 Å². The number of hydrogen-bond acceptors (Lipinski definition) is 3. The second kappa shape index (κ2) is 8.95. The summed E-state index contributed by atoms with van der Waals surface area (Å²) in [6.45, 7) is 7.41. The zero-order valence-corrected chi connectivity index (χ0v) is 12.9. The second-order valence-electron chi connectivity index (χ2n) is 5.61. The number of rotatable bonds is 7. The number of nitrogens with two attached hydrogens (primary N) is 1. The Morgan fingerprint density at radius 3 is 2.20 bits per heavy atom. The van der Waals surface area contributed by atoms with Gasteiger partial charge in [0.15, 0.2) is 0 Å². The maximum Gasteiger partial charge on any atom is 0.225 e. The van der Waals surface area contributed by atoms with Gasteiger partial charge in [-0.15, -0.1) is 0 Å². The quantitative estimate of drug-likeness (QED) is 0.714. The molecule has 5 heteroatoms. The molecule has 0 aromatic rings. The van der Waals surface area contributed by atoms with Crippen molar-refractivity contribution in [3.05, 3.63) is 0 Å². The minimum absolute atomic E-state index is 0.0912. The van der Waals surface area contributed by atoms with E-state index in [0.29, 0.717) is 39.1 Å². The van der Waals surface area contributed by atoms with Gasteiger partial charge in [-0.1, -0.05) is 20.3 Å². The van der Waals surface area contributed by atoms with E-state index in [4.69, 9.17) is 5.73 Å². The summed E-state index contributed by atoms with van der Waals surface area (Å²) in [7, 11) is 0. The highest BCUT2D eigenvalue weighted by atomic mass is 16.2. The molecule has 0 aromatic heterocycles. The van der Waals surface area contributed by atoms with Crippen LogP contribution in [0.25, 0.3) is 0 Å². The van der Waals surface area contributed by atoms with Crippen LogP contribution >= 0.6 is 0 Å². The molecule has 0 bridgehead atoms. The van der Waals surface area contributed by atoms with Crippen LogP contribution in [0.15, 0.2) is 0 Å². The molecule has 5 nitrogen and oxygen atoms in total. The van der Waals surface area contributed by atoms with Crippen molar-refractivity contribution in [2.24, 2.45) is 11.7 Å². The standard InChI is InChI=1S/C15H29N3O2/c1-3-13(2)15(20)18-11-9-17(10-12-18)14(19)7-5-4-6-8-16/h13H,3-12,16H2,1-2H3/t13-/m1/s1. The van der Waals surface area contributed by atoms with Gasteiger partial charge in [0.2, 0.25) is 11.8 Å². The molecule has 1 aliphatic heterocycles. The lowest BCUT2D eigenvalue weighted by Gasteiger charge is -2.36. The van der Waals surface area contributed by atoms with Crippen LogP contribution in [0.2, 0.25) is 0 Å². The Kier molecular flexibility index (Phi) is 7.59. The Morgan fingerprint density at radius 2 is 1.65 bits per heavy atom. The van der Waals surface area contributed by atoms with E-state index < -0.39 is 0 Å². The average molecular weight is 283 g/mol. The molecular formula is C15H29N3O2. The van der Waals surface area contributed by atoms with Gasteiger partial charge in [0.1, 0.15) is 0 Å². The molecule has 1 rings (SSSR count). The fourth-order valence-electron chi connectivity index (χ4n) is 2.42. The van der Waals surface area contributed by atoms with Gasteiger partial charge >= 0.3 is 0 Å². The molecule has 0 aromatic carbocycles. The predicted octanol–water partition coefficient (Wildman–Crippen LogP) is 1.22. The molecule has 20 heavy (non-hydrogen) atoms. The van der Waals surface area contributed by atoms with E-state index in [-0.39, 0.29) is 17.7 Å². The maximum absolute atomic E-state index is 12.1. The molecule has 2 N–H and O–H groups in total. The molecular weight excluding hydrogens is 254 g/mol. The Bertz CT molecular complexity index is 312. The van der Waals surface area contributed by atoms with Gasteiger partial charge in [0, 0.05) is 38.5 Å². The predicted molar refractivity (Wildman–Crippen MR) is 80.1 cm³/mol. The van der Waals surface area contributed by atoms with E-state index in [1.54, 1.807) is 0 Å². The number of carbonyl (C=O) groups is 2. The highest BCUT2D eigenvalue weighted by molar-refractivity contribution is 5.79. The van der Waals surface area contributed by atoms with Gasteiger partial charge in [-0.2, -0.15) is 0 Å². The summed E-state index contributed by atoms with van der Waals surface area (Å²) in [5.41, 5.74) is 5.43. The average Bonchev–Trinajstić information content (AvgIpc) is 2.50. The summed E-state index contributed by atoms with van der Waals surface area (Å²) in [6.07, 6.45) is 4.42. The number of piperazine rings is 1. The van der Waals surface area contributed by atoms with E-state index in [2.05, 4.69) is 0 Å². The molecule has 1 saturated heterocycles. The first-order valence-electron chi connectivity index (χ1n) is 7.86. The molecule has 2 amide bonds. The van der Waals surface area contributed by atoms with E-state index in [0.717, 1.165) is 25.7 Å². The van der Waals surface area contributed by atoms with Gasteiger partial charge < -0.3 is 15.5 Å². The highest BCUT2D eigenvalue weighted by Gasteiger charge is 2.25. The lowest BCUT2D eigenvalue weighted by molar-refractivity contribution is -0.141. The van der Waals surface area contributed by atoms with Crippen molar-refractivity contribution in [1.29, 1.82) is 0 Å². The molecule has 0 saturated carbocycles. The van der Waals surface area contributed by atoms with Crippen molar-refractivity contribution in [1.82, 2.24) is 9.80 Å². The Morgan fingerprint density at radius 1 is 1.05 bits per heavy atom. The van der Waals surface area contributed by atoms with Gasteiger partial charge in [0.25, 0.3) is 0 Å². The van der Waals surface area contributed by atoms with Crippen molar-refractivity contribution < 1.29 is 9.59 Å². The first-order valence-corrected chi connectivity index (χ1v) is 7.86. The molecule has 1 aliphatic rings. The monoisotopic (exact) mass is 283 g/mol. The number of carbonyl (C=O) groups excluding carboxylic acids is 2. The van der Waals surface area contributed by atoms with Crippen LogP contribution < -0.4 is 5.73 Å². The summed E-state index contributed by atoms with van der Waals surface area (Å²) < 4.78 is 0. The van der Waals surface area contributed by atoms with E-state index >= 15 is 0 Å². The van der Waals surface area contributed by atoms with Crippen molar-refractivity contribution in [3.8, 4) is 0 Å². The van der Waals surface area contributed by atoms with Crippen LogP contribution in [0.1, 0.15) is 46.0 Å². The molecule has 0 spiro atoms. The summed E-state index contributed by atoms with van der Waals surface area (Å²) >= 11 is 0. The topological polar surface area (TPSA) is 66.6 Å². The van der Waals surface area contributed by atoms with E-state index in [1.807, 2.05) is 23.6 Å². The zero-order chi connectivity index (χ0) is 15.0. The van der Waals surface area contributed by atoms with Crippen molar-refractivity contribution in [2.75, 3.05) is 32.7 Å². The third-order valence-electron chi connectivity index (χ3n) is 4.07.